The molecular formula is C20H23ClN4O4. The van der Waals surface area contributed by atoms with E-state index < -0.39 is 5.97 Å². The minimum absolute atomic E-state index is 0. The molecule has 0 unspecified atom stereocenters. The van der Waals surface area contributed by atoms with Crippen molar-refractivity contribution in [2.24, 2.45) is 5.92 Å². The lowest BCUT2D eigenvalue weighted by atomic mass is 9.79. The highest BCUT2D eigenvalue weighted by Gasteiger charge is 2.37. The van der Waals surface area contributed by atoms with E-state index in [4.69, 9.17) is 0 Å². The molecule has 2 aliphatic heterocycles. The molecule has 0 aliphatic carbocycles. The van der Waals surface area contributed by atoms with E-state index in [2.05, 4.69) is 20.4 Å². The number of rotatable bonds is 4. The molecule has 2 aromatic heterocycles. The first-order chi connectivity index (χ1) is 13.6. The monoisotopic (exact) mass is 418 g/mol. The SMILES string of the molecule is COC(=O)c1ccc(C(=O)NC[C@H]2[C@@H]3CNC[C@@H](C3)c3cccc(=O)n32)nc1.Cl. The van der Waals surface area contributed by atoms with E-state index in [1.807, 2.05) is 10.6 Å². The number of ether oxygens (including phenoxy) is 1. The van der Waals surface area contributed by atoms with Gasteiger partial charge in [-0.2, -0.15) is 0 Å². The fraction of sp³-hybridized carbons (Fsp3) is 0.400. The third-order valence-electron chi connectivity index (χ3n) is 5.59. The molecule has 1 amide bonds. The van der Waals surface area contributed by atoms with Gasteiger partial charge in [-0.15, -0.1) is 12.4 Å². The molecule has 1 fully saturated rings. The molecule has 29 heavy (non-hydrogen) atoms. The first-order valence-corrected chi connectivity index (χ1v) is 9.33. The van der Waals surface area contributed by atoms with Crippen molar-refractivity contribution in [1.29, 1.82) is 0 Å². The van der Waals surface area contributed by atoms with E-state index in [9.17, 15) is 14.4 Å². The Morgan fingerprint density at radius 2 is 2.10 bits per heavy atom. The summed E-state index contributed by atoms with van der Waals surface area (Å²) < 4.78 is 6.47. The smallest absolute Gasteiger partial charge is 0.339 e. The molecule has 154 valence electrons. The molecule has 9 heteroatoms. The number of halogens is 1. The van der Waals surface area contributed by atoms with Gasteiger partial charge in [-0.3, -0.25) is 14.6 Å². The maximum Gasteiger partial charge on any atom is 0.339 e. The molecular weight excluding hydrogens is 396 g/mol. The fourth-order valence-corrected chi connectivity index (χ4v) is 4.22. The van der Waals surface area contributed by atoms with Crippen LogP contribution in [0.4, 0.5) is 0 Å². The van der Waals surface area contributed by atoms with E-state index in [0.29, 0.717) is 12.5 Å². The van der Waals surface area contributed by atoms with Crippen LogP contribution in [-0.4, -0.2) is 48.2 Å². The zero-order valence-electron chi connectivity index (χ0n) is 16.0. The number of carbonyl (C=O) groups excluding carboxylic acids is 2. The van der Waals surface area contributed by atoms with Crippen LogP contribution in [0.3, 0.4) is 0 Å². The number of hydrogen-bond acceptors (Lipinski definition) is 6. The van der Waals surface area contributed by atoms with Crippen LogP contribution in [0.15, 0.2) is 41.3 Å². The van der Waals surface area contributed by atoms with E-state index in [1.54, 1.807) is 12.1 Å². The van der Waals surface area contributed by atoms with E-state index in [0.717, 1.165) is 25.2 Å². The van der Waals surface area contributed by atoms with Crippen LogP contribution in [0, 0.1) is 5.92 Å². The van der Waals surface area contributed by atoms with Crippen molar-refractivity contribution in [3.63, 3.8) is 0 Å². The van der Waals surface area contributed by atoms with Gasteiger partial charge in [-0.1, -0.05) is 6.07 Å². The van der Waals surface area contributed by atoms with Gasteiger partial charge in [0.2, 0.25) is 0 Å². The summed E-state index contributed by atoms with van der Waals surface area (Å²) in [5.74, 6) is -0.238. The van der Waals surface area contributed by atoms with Crippen LogP contribution in [0.1, 0.15) is 44.9 Å². The number of piperidine rings is 1. The normalized spacial score (nSPS) is 22.0. The summed E-state index contributed by atoms with van der Waals surface area (Å²) in [7, 11) is 1.29. The fourth-order valence-electron chi connectivity index (χ4n) is 4.22. The number of fused-ring (bicyclic) bond motifs is 4. The Morgan fingerprint density at radius 1 is 1.28 bits per heavy atom. The van der Waals surface area contributed by atoms with Gasteiger partial charge >= 0.3 is 5.97 Å². The summed E-state index contributed by atoms with van der Waals surface area (Å²) in [6.07, 6.45) is 2.32. The molecule has 0 spiro atoms. The van der Waals surface area contributed by atoms with Crippen molar-refractivity contribution in [3.05, 3.63) is 63.8 Å². The van der Waals surface area contributed by atoms with Crippen molar-refractivity contribution in [3.8, 4) is 0 Å². The molecule has 8 nitrogen and oxygen atoms in total. The minimum Gasteiger partial charge on any atom is -0.465 e. The van der Waals surface area contributed by atoms with Gasteiger partial charge in [0.25, 0.3) is 11.5 Å². The van der Waals surface area contributed by atoms with E-state index in [-0.39, 0.29) is 47.1 Å². The van der Waals surface area contributed by atoms with Gasteiger partial charge in [0, 0.05) is 43.5 Å². The van der Waals surface area contributed by atoms with Crippen molar-refractivity contribution in [2.45, 2.75) is 18.4 Å². The minimum atomic E-state index is -0.503. The Kier molecular flexibility index (Phi) is 6.34. The number of nitrogens with one attached hydrogen (secondary N) is 2. The Labute approximate surface area is 174 Å². The number of amides is 1. The van der Waals surface area contributed by atoms with E-state index >= 15 is 0 Å². The van der Waals surface area contributed by atoms with Gasteiger partial charge in [0.15, 0.2) is 0 Å². The molecule has 2 N–H and O–H groups in total. The van der Waals surface area contributed by atoms with Crippen molar-refractivity contribution < 1.29 is 14.3 Å². The molecule has 0 saturated carbocycles. The van der Waals surface area contributed by atoms with Gasteiger partial charge in [0.1, 0.15) is 5.69 Å². The highest BCUT2D eigenvalue weighted by Crippen LogP contribution is 2.38. The topological polar surface area (TPSA) is 102 Å². The average molecular weight is 419 g/mol. The molecule has 2 aromatic rings. The van der Waals surface area contributed by atoms with Crippen molar-refractivity contribution >= 4 is 24.3 Å². The first-order valence-electron chi connectivity index (χ1n) is 9.33. The number of methoxy groups -OCH3 is 1. The van der Waals surface area contributed by atoms with Crippen LogP contribution in [0.2, 0.25) is 0 Å². The van der Waals surface area contributed by atoms with Crippen LogP contribution in [-0.2, 0) is 4.74 Å². The molecule has 4 rings (SSSR count). The Hall–Kier alpha value is -2.71. The number of carbonyl (C=O) groups is 2. The second-order valence-corrected chi connectivity index (χ2v) is 7.21. The molecule has 1 saturated heterocycles. The summed E-state index contributed by atoms with van der Waals surface area (Å²) in [6.45, 7) is 2.04. The maximum absolute atomic E-state index is 12.5. The summed E-state index contributed by atoms with van der Waals surface area (Å²) in [5, 5.41) is 6.33. The Bertz CT molecular complexity index is 960. The molecule has 2 bridgehead atoms. The molecule has 2 aliphatic rings. The predicted molar refractivity (Wildman–Crippen MR) is 109 cm³/mol. The van der Waals surface area contributed by atoms with Crippen molar-refractivity contribution in [1.82, 2.24) is 20.2 Å². The van der Waals surface area contributed by atoms with Gasteiger partial charge in [0.05, 0.1) is 18.7 Å². The first kappa shape index (κ1) is 21.0. The number of aromatic nitrogens is 2. The van der Waals surface area contributed by atoms with Gasteiger partial charge < -0.3 is 19.9 Å². The van der Waals surface area contributed by atoms with E-state index in [1.165, 1.54) is 25.4 Å². The lowest BCUT2D eigenvalue weighted by molar-refractivity contribution is 0.0599. The summed E-state index contributed by atoms with van der Waals surface area (Å²) in [5.41, 5.74) is 1.49. The molecule has 4 heterocycles. The highest BCUT2D eigenvalue weighted by molar-refractivity contribution is 5.94. The highest BCUT2D eigenvalue weighted by atomic mass is 35.5. The van der Waals surface area contributed by atoms with Crippen LogP contribution in [0.5, 0.6) is 0 Å². The standard InChI is InChI=1S/C20H22N4O4.ClH/c1-28-20(27)12-5-6-15(22-10-12)19(26)23-11-17-14-7-13(8-21-9-14)16-3-2-4-18(25)24(16)17;/h2-6,10,13-14,17,21H,7-9,11H2,1H3,(H,23,26);1H/t13-,14+,17+;/m1./s1. The van der Waals surface area contributed by atoms with Crippen LogP contribution < -0.4 is 16.2 Å². The quantitative estimate of drug-likeness (QED) is 0.721. The number of hydrogen-bond donors (Lipinski definition) is 2. The maximum atomic E-state index is 12.5. The number of pyridine rings is 2. The van der Waals surface area contributed by atoms with Crippen molar-refractivity contribution in [2.75, 3.05) is 26.7 Å². The molecule has 0 aromatic carbocycles. The number of nitrogens with zero attached hydrogens (tertiary/aromatic N) is 2. The lowest BCUT2D eigenvalue weighted by Gasteiger charge is -2.43. The Morgan fingerprint density at radius 3 is 2.83 bits per heavy atom. The largest absolute Gasteiger partial charge is 0.465 e. The second-order valence-electron chi connectivity index (χ2n) is 7.21. The third-order valence-corrected chi connectivity index (χ3v) is 5.59. The second kappa shape index (κ2) is 8.75. The Balaban J connectivity index is 0.00000240. The molecule has 0 radical (unpaired) electrons. The van der Waals surface area contributed by atoms with Gasteiger partial charge in [-0.25, -0.2) is 4.79 Å². The zero-order valence-corrected chi connectivity index (χ0v) is 16.8. The van der Waals surface area contributed by atoms with Gasteiger partial charge in [-0.05, 0) is 30.5 Å². The predicted octanol–water partition coefficient (Wildman–Crippen LogP) is 1.13. The summed E-state index contributed by atoms with van der Waals surface area (Å²) in [4.78, 5) is 40.6. The lowest BCUT2D eigenvalue weighted by Crippen LogP contribution is -2.50. The average Bonchev–Trinajstić information content (AvgIpc) is 2.73. The van der Waals surface area contributed by atoms with Crippen LogP contribution in [0.25, 0.3) is 0 Å². The third kappa shape index (κ3) is 4.04. The molecule has 3 atom stereocenters. The number of esters is 1. The summed E-state index contributed by atoms with van der Waals surface area (Å²) >= 11 is 0. The summed E-state index contributed by atoms with van der Waals surface area (Å²) in [6, 6.07) is 8.25. The van der Waals surface area contributed by atoms with Crippen LogP contribution >= 0.6 is 12.4 Å². The zero-order chi connectivity index (χ0) is 19.7.